The Kier molecular flexibility index (Phi) is 4.99. The van der Waals surface area contributed by atoms with E-state index in [1.54, 1.807) is 42.6 Å². The number of rotatable bonds is 5. The third kappa shape index (κ3) is 3.94. The van der Waals surface area contributed by atoms with Crippen molar-refractivity contribution in [1.29, 1.82) is 0 Å². The normalized spacial score (nSPS) is 14.1. The molecule has 0 unspecified atom stereocenters. The van der Waals surface area contributed by atoms with Gasteiger partial charge in [-0.2, -0.15) is 0 Å². The van der Waals surface area contributed by atoms with Gasteiger partial charge in [-0.3, -0.25) is 9.71 Å². The molecule has 0 spiro atoms. The van der Waals surface area contributed by atoms with Crippen molar-refractivity contribution in [3.63, 3.8) is 0 Å². The zero-order valence-corrected chi connectivity index (χ0v) is 17.6. The van der Waals surface area contributed by atoms with Gasteiger partial charge in [0.1, 0.15) is 4.90 Å². The van der Waals surface area contributed by atoms with Crippen LogP contribution in [0.3, 0.4) is 0 Å². The monoisotopic (exact) mass is 431 g/mol. The van der Waals surface area contributed by atoms with Crippen molar-refractivity contribution >= 4 is 32.4 Å². The first kappa shape index (κ1) is 19.4. The molecule has 0 saturated carbocycles. The van der Waals surface area contributed by atoms with Crippen LogP contribution in [-0.2, 0) is 10.0 Å². The molecule has 0 bridgehead atoms. The van der Waals surface area contributed by atoms with E-state index in [0.29, 0.717) is 16.9 Å². The average Bonchev–Trinajstić information content (AvgIpc) is 3.34. The highest BCUT2D eigenvalue weighted by Gasteiger charge is 2.19. The van der Waals surface area contributed by atoms with Crippen molar-refractivity contribution < 1.29 is 8.42 Å². The van der Waals surface area contributed by atoms with Crippen molar-refractivity contribution in [3.05, 3.63) is 72.9 Å². The summed E-state index contributed by atoms with van der Waals surface area (Å²) in [5, 5.41) is 9.47. The quantitative estimate of drug-likeness (QED) is 0.512. The Morgan fingerprint density at radius 2 is 1.68 bits per heavy atom. The Morgan fingerprint density at radius 1 is 0.871 bits per heavy atom. The number of nitrogens with one attached hydrogen (secondary N) is 1. The molecule has 31 heavy (non-hydrogen) atoms. The number of benzene rings is 2. The highest BCUT2D eigenvalue weighted by molar-refractivity contribution is 7.93. The topological polar surface area (TPSA) is 88.1 Å². The number of nitrogens with zero attached hydrogens (tertiary/aromatic N) is 4. The maximum atomic E-state index is 13.1. The van der Waals surface area contributed by atoms with Crippen LogP contribution in [0.2, 0.25) is 0 Å². The Balaban J connectivity index is 1.42. The number of hydrogen-bond donors (Lipinski definition) is 1. The van der Waals surface area contributed by atoms with Crippen LogP contribution in [0.1, 0.15) is 12.8 Å². The Labute approximate surface area is 180 Å². The molecule has 4 aromatic rings. The van der Waals surface area contributed by atoms with E-state index in [9.17, 15) is 8.42 Å². The van der Waals surface area contributed by atoms with Crippen molar-refractivity contribution in [2.45, 2.75) is 17.7 Å². The van der Waals surface area contributed by atoms with Crippen LogP contribution in [0.15, 0.2) is 77.8 Å². The molecule has 5 rings (SSSR count). The van der Waals surface area contributed by atoms with Crippen molar-refractivity contribution in [1.82, 2.24) is 15.2 Å². The summed E-state index contributed by atoms with van der Waals surface area (Å²) in [6.45, 7) is 2.02. The van der Waals surface area contributed by atoms with Gasteiger partial charge < -0.3 is 4.90 Å². The fraction of sp³-hybridized carbons (Fsp3) is 0.174. The third-order valence-corrected chi connectivity index (χ3v) is 6.79. The summed E-state index contributed by atoms with van der Waals surface area (Å²) in [5.74, 6) is 0.876. The summed E-state index contributed by atoms with van der Waals surface area (Å²) < 4.78 is 28.8. The summed E-state index contributed by atoms with van der Waals surface area (Å²) in [5.41, 5.74) is 2.38. The number of sulfonamides is 1. The van der Waals surface area contributed by atoms with Gasteiger partial charge in [-0.15, -0.1) is 10.2 Å². The summed E-state index contributed by atoms with van der Waals surface area (Å²) in [6.07, 6.45) is 3.95. The number of pyridine rings is 1. The molecule has 2 aromatic carbocycles. The van der Waals surface area contributed by atoms with Crippen molar-refractivity contribution in [2.24, 2.45) is 0 Å². The van der Waals surface area contributed by atoms with Crippen molar-refractivity contribution in [2.75, 3.05) is 22.7 Å². The molecule has 1 aliphatic rings. The number of para-hydroxylation sites is 1. The van der Waals surface area contributed by atoms with Crippen LogP contribution in [0.25, 0.3) is 22.2 Å². The van der Waals surface area contributed by atoms with E-state index in [1.807, 2.05) is 30.3 Å². The average molecular weight is 432 g/mol. The van der Waals surface area contributed by atoms with Crippen LogP contribution in [0.4, 0.5) is 11.5 Å². The second-order valence-electron chi connectivity index (χ2n) is 7.49. The largest absolute Gasteiger partial charge is 0.355 e. The lowest BCUT2D eigenvalue weighted by atomic mass is 10.1. The molecule has 0 aliphatic carbocycles. The summed E-state index contributed by atoms with van der Waals surface area (Å²) in [4.78, 5) is 6.62. The first-order valence-electron chi connectivity index (χ1n) is 10.2. The van der Waals surface area contributed by atoms with E-state index >= 15 is 0 Å². The molecule has 1 aliphatic heterocycles. The van der Waals surface area contributed by atoms with E-state index < -0.39 is 10.0 Å². The minimum absolute atomic E-state index is 0.144. The molecule has 1 N–H and O–H groups in total. The molecule has 156 valence electrons. The predicted octanol–water partition coefficient (Wildman–Crippen LogP) is 4.09. The number of fused-ring (bicyclic) bond motifs is 1. The third-order valence-electron chi connectivity index (χ3n) is 5.38. The molecular formula is C23H21N5O2S. The number of hydrogen-bond acceptors (Lipinski definition) is 6. The van der Waals surface area contributed by atoms with Gasteiger partial charge >= 0.3 is 0 Å². The fourth-order valence-electron chi connectivity index (χ4n) is 3.84. The van der Waals surface area contributed by atoms with Gasteiger partial charge in [0, 0.05) is 35.9 Å². The Morgan fingerprint density at radius 3 is 2.48 bits per heavy atom. The maximum Gasteiger partial charge on any atom is 0.264 e. The van der Waals surface area contributed by atoms with Crippen LogP contribution >= 0.6 is 0 Å². The molecule has 7 nitrogen and oxygen atoms in total. The maximum absolute atomic E-state index is 13.1. The molecular weight excluding hydrogens is 410 g/mol. The second kappa shape index (κ2) is 7.96. The zero-order chi connectivity index (χ0) is 21.3. The van der Waals surface area contributed by atoms with Gasteiger partial charge in [0.25, 0.3) is 10.0 Å². The number of aromatic nitrogens is 3. The first-order chi connectivity index (χ1) is 15.1. The molecule has 0 amide bonds. The van der Waals surface area contributed by atoms with Crippen LogP contribution < -0.4 is 9.62 Å². The molecule has 0 radical (unpaired) electrons. The minimum atomic E-state index is -3.81. The van der Waals surface area contributed by atoms with Crippen LogP contribution in [-0.4, -0.2) is 36.7 Å². The molecule has 2 aromatic heterocycles. The van der Waals surface area contributed by atoms with Gasteiger partial charge in [0.2, 0.25) is 0 Å². The second-order valence-corrected chi connectivity index (χ2v) is 9.14. The molecule has 8 heteroatoms. The van der Waals surface area contributed by atoms with Gasteiger partial charge in [-0.1, -0.05) is 30.3 Å². The van der Waals surface area contributed by atoms with E-state index in [4.69, 9.17) is 0 Å². The van der Waals surface area contributed by atoms with E-state index in [2.05, 4.69) is 24.8 Å². The van der Waals surface area contributed by atoms with E-state index in [-0.39, 0.29) is 4.90 Å². The predicted molar refractivity (Wildman–Crippen MR) is 121 cm³/mol. The summed E-state index contributed by atoms with van der Waals surface area (Å²) >= 11 is 0. The molecule has 1 saturated heterocycles. The van der Waals surface area contributed by atoms with Gasteiger partial charge in [-0.05, 0) is 49.2 Å². The van der Waals surface area contributed by atoms with Gasteiger partial charge in [0.15, 0.2) is 5.82 Å². The zero-order valence-electron chi connectivity index (χ0n) is 16.8. The summed E-state index contributed by atoms with van der Waals surface area (Å²) in [7, 11) is -3.81. The number of anilines is 2. The van der Waals surface area contributed by atoms with Gasteiger partial charge in [0.05, 0.1) is 11.2 Å². The molecule has 1 fully saturated rings. The standard InChI is InChI=1S/C23H21N5O2S/c29-31(30,21-10-4-6-17-8-5-13-24-23(17)21)27-19-9-3-7-18(16-19)20-11-12-22(26-25-20)28-14-1-2-15-28/h3-13,16,27H,1-2,14-15H2. The first-order valence-corrected chi connectivity index (χ1v) is 11.6. The molecule has 3 heterocycles. The fourth-order valence-corrected chi connectivity index (χ4v) is 5.07. The lowest BCUT2D eigenvalue weighted by Gasteiger charge is -2.15. The molecule has 0 atom stereocenters. The van der Waals surface area contributed by atoms with Crippen molar-refractivity contribution in [3.8, 4) is 11.3 Å². The lowest BCUT2D eigenvalue weighted by Crippen LogP contribution is -2.19. The minimum Gasteiger partial charge on any atom is -0.355 e. The highest BCUT2D eigenvalue weighted by Crippen LogP contribution is 2.26. The van der Waals surface area contributed by atoms with Gasteiger partial charge in [-0.25, -0.2) is 8.42 Å². The Hall–Kier alpha value is -3.52. The SMILES string of the molecule is O=S(=O)(Nc1cccc(-c2ccc(N3CCCC3)nn2)c1)c1cccc2cccnc12. The highest BCUT2D eigenvalue weighted by atomic mass is 32.2. The smallest absolute Gasteiger partial charge is 0.264 e. The lowest BCUT2D eigenvalue weighted by molar-refractivity contribution is 0.602. The van der Waals surface area contributed by atoms with E-state index in [0.717, 1.165) is 29.9 Å². The van der Waals surface area contributed by atoms with E-state index in [1.165, 1.54) is 12.8 Å². The Bertz CT molecular complexity index is 1330. The van der Waals surface area contributed by atoms with Crippen LogP contribution in [0, 0.1) is 0 Å². The van der Waals surface area contributed by atoms with Crippen LogP contribution in [0.5, 0.6) is 0 Å². The summed E-state index contributed by atoms with van der Waals surface area (Å²) in [6, 6.07) is 19.8.